The van der Waals surface area contributed by atoms with E-state index in [1.54, 1.807) is 7.11 Å². The summed E-state index contributed by atoms with van der Waals surface area (Å²) in [6.07, 6.45) is 8.32. The van der Waals surface area contributed by atoms with Gasteiger partial charge in [0.15, 0.2) is 0 Å². The van der Waals surface area contributed by atoms with Crippen molar-refractivity contribution in [3.05, 3.63) is 12.7 Å². The smallest absolute Gasteiger partial charge is 0.106 e. The van der Waals surface area contributed by atoms with Crippen LogP contribution in [0.4, 0.5) is 0 Å². The molecule has 1 saturated carbocycles. The van der Waals surface area contributed by atoms with Crippen LogP contribution in [-0.4, -0.2) is 12.8 Å². The van der Waals surface area contributed by atoms with Crippen LogP contribution in [0.25, 0.3) is 0 Å². The standard InChI is InChI=1S/C10H17NO.C2H6/c1-3-10(11-12-2)9-7-5-4-6-8-9;1-2/h3,9H,1,4-8H2,2H3;1-2H3/b11-10-;. The van der Waals surface area contributed by atoms with Gasteiger partial charge in [-0.05, 0) is 18.9 Å². The first-order valence-corrected chi connectivity index (χ1v) is 5.62. The Morgan fingerprint density at radius 1 is 1.29 bits per heavy atom. The molecule has 0 spiro atoms. The molecular weight excluding hydrogens is 174 g/mol. The van der Waals surface area contributed by atoms with Gasteiger partial charge in [0, 0.05) is 5.92 Å². The van der Waals surface area contributed by atoms with Gasteiger partial charge in [-0.1, -0.05) is 44.8 Å². The highest BCUT2D eigenvalue weighted by Gasteiger charge is 2.17. The normalized spacial score (nSPS) is 18.1. The summed E-state index contributed by atoms with van der Waals surface area (Å²) in [4.78, 5) is 4.76. The maximum atomic E-state index is 4.76. The fourth-order valence-corrected chi connectivity index (χ4v) is 1.78. The Labute approximate surface area is 88.0 Å². The van der Waals surface area contributed by atoms with Gasteiger partial charge in [-0.3, -0.25) is 0 Å². The van der Waals surface area contributed by atoms with Crippen LogP contribution < -0.4 is 0 Å². The highest BCUT2D eigenvalue weighted by molar-refractivity contribution is 5.96. The van der Waals surface area contributed by atoms with Crippen LogP contribution >= 0.6 is 0 Å². The molecule has 1 aliphatic rings. The van der Waals surface area contributed by atoms with E-state index in [2.05, 4.69) is 11.7 Å². The van der Waals surface area contributed by atoms with Crippen molar-refractivity contribution in [2.24, 2.45) is 11.1 Å². The lowest BCUT2D eigenvalue weighted by atomic mass is 9.86. The van der Waals surface area contributed by atoms with Crippen LogP contribution in [0.1, 0.15) is 46.0 Å². The third-order valence-corrected chi connectivity index (χ3v) is 2.43. The molecule has 0 aromatic heterocycles. The fraction of sp³-hybridized carbons (Fsp3) is 0.750. The molecule has 82 valence electrons. The number of nitrogens with zero attached hydrogens (tertiary/aromatic N) is 1. The van der Waals surface area contributed by atoms with Crippen LogP contribution in [0.3, 0.4) is 0 Å². The molecule has 0 amide bonds. The summed E-state index contributed by atoms with van der Waals surface area (Å²) < 4.78 is 0. The van der Waals surface area contributed by atoms with Gasteiger partial charge < -0.3 is 4.84 Å². The molecule has 0 saturated heterocycles. The average Bonchev–Trinajstić information content (AvgIpc) is 2.30. The lowest BCUT2D eigenvalue weighted by Gasteiger charge is -2.20. The van der Waals surface area contributed by atoms with Gasteiger partial charge in [0.25, 0.3) is 0 Å². The van der Waals surface area contributed by atoms with Gasteiger partial charge in [0.2, 0.25) is 0 Å². The van der Waals surface area contributed by atoms with E-state index in [0.717, 1.165) is 5.71 Å². The SMILES string of the molecule is C=C/C(=N/OC)C1CCCCC1.CC. The Hall–Kier alpha value is -0.790. The molecule has 0 atom stereocenters. The zero-order chi connectivity index (χ0) is 10.8. The lowest BCUT2D eigenvalue weighted by molar-refractivity contribution is 0.210. The molecule has 14 heavy (non-hydrogen) atoms. The van der Waals surface area contributed by atoms with Crippen molar-refractivity contribution in [1.29, 1.82) is 0 Å². The Balaban J connectivity index is 0.000000791. The summed E-state index contributed by atoms with van der Waals surface area (Å²) in [5.74, 6) is 0.594. The number of allylic oxidation sites excluding steroid dienone is 1. The van der Waals surface area contributed by atoms with Gasteiger partial charge in [-0.25, -0.2) is 0 Å². The van der Waals surface area contributed by atoms with Gasteiger partial charge in [0.05, 0.1) is 5.71 Å². The highest BCUT2D eigenvalue weighted by atomic mass is 16.6. The van der Waals surface area contributed by atoms with E-state index in [4.69, 9.17) is 4.84 Å². The molecule has 1 fully saturated rings. The summed E-state index contributed by atoms with van der Waals surface area (Å²) in [7, 11) is 1.59. The molecule has 0 N–H and O–H groups in total. The van der Waals surface area contributed by atoms with Crippen molar-refractivity contribution in [3.63, 3.8) is 0 Å². The van der Waals surface area contributed by atoms with Crippen molar-refractivity contribution in [2.45, 2.75) is 46.0 Å². The van der Waals surface area contributed by atoms with E-state index in [0.29, 0.717) is 5.92 Å². The van der Waals surface area contributed by atoms with E-state index in [-0.39, 0.29) is 0 Å². The monoisotopic (exact) mass is 197 g/mol. The number of hydrogen-bond donors (Lipinski definition) is 0. The minimum absolute atomic E-state index is 0.594. The highest BCUT2D eigenvalue weighted by Crippen LogP contribution is 2.25. The second-order valence-corrected chi connectivity index (χ2v) is 3.24. The van der Waals surface area contributed by atoms with Crippen LogP contribution in [0.5, 0.6) is 0 Å². The summed E-state index contributed by atoms with van der Waals surface area (Å²) in [6.45, 7) is 7.74. The number of rotatable bonds is 3. The van der Waals surface area contributed by atoms with Crippen molar-refractivity contribution < 1.29 is 4.84 Å². The van der Waals surface area contributed by atoms with Gasteiger partial charge in [0.1, 0.15) is 7.11 Å². The van der Waals surface area contributed by atoms with E-state index in [9.17, 15) is 0 Å². The zero-order valence-electron chi connectivity index (χ0n) is 9.75. The number of oxime groups is 1. The Morgan fingerprint density at radius 2 is 1.86 bits per heavy atom. The van der Waals surface area contributed by atoms with E-state index in [1.807, 2.05) is 19.9 Å². The van der Waals surface area contributed by atoms with E-state index >= 15 is 0 Å². The second-order valence-electron chi connectivity index (χ2n) is 3.24. The summed E-state index contributed by atoms with van der Waals surface area (Å²) in [5, 5.41) is 3.96. The van der Waals surface area contributed by atoms with Gasteiger partial charge >= 0.3 is 0 Å². The minimum atomic E-state index is 0.594. The Kier molecular flexibility index (Phi) is 8.30. The first-order valence-electron chi connectivity index (χ1n) is 5.62. The Bertz CT molecular complexity index is 169. The molecule has 0 bridgehead atoms. The average molecular weight is 197 g/mol. The zero-order valence-corrected chi connectivity index (χ0v) is 9.75. The first kappa shape index (κ1) is 13.2. The molecule has 0 aliphatic heterocycles. The molecule has 0 aromatic rings. The van der Waals surface area contributed by atoms with Crippen LogP contribution in [0.15, 0.2) is 17.8 Å². The maximum absolute atomic E-state index is 4.76. The lowest BCUT2D eigenvalue weighted by Crippen LogP contribution is -2.15. The predicted octanol–water partition coefficient (Wildman–Crippen LogP) is 3.78. The van der Waals surface area contributed by atoms with Gasteiger partial charge in [-0.2, -0.15) is 0 Å². The largest absolute Gasteiger partial charge is 0.399 e. The molecule has 0 unspecified atom stereocenters. The first-order chi connectivity index (χ1) is 6.88. The third-order valence-electron chi connectivity index (χ3n) is 2.43. The van der Waals surface area contributed by atoms with Crippen LogP contribution in [-0.2, 0) is 4.84 Å². The molecule has 0 radical (unpaired) electrons. The fourth-order valence-electron chi connectivity index (χ4n) is 1.78. The molecule has 2 nitrogen and oxygen atoms in total. The summed E-state index contributed by atoms with van der Waals surface area (Å²) >= 11 is 0. The van der Waals surface area contributed by atoms with Crippen molar-refractivity contribution >= 4 is 5.71 Å². The second kappa shape index (κ2) is 8.79. The predicted molar refractivity (Wildman–Crippen MR) is 62.6 cm³/mol. The number of hydrogen-bond acceptors (Lipinski definition) is 2. The van der Waals surface area contributed by atoms with Crippen molar-refractivity contribution in [1.82, 2.24) is 0 Å². The van der Waals surface area contributed by atoms with Gasteiger partial charge in [-0.15, -0.1) is 0 Å². The quantitative estimate of drug-likeness (QED) is 0.498. The molecule has 0 heterocycles. The summed E-state index contributed by atoms with van der Waals surface area (Å²) in [6, 6.07) is 0. The topological polar surface area (TPSA) is 21.6 Å². The third kappa shape index (κ3) is 4.45. The van der Waals surface area contributed by atoms with Crippen molar-refractivity contribution in [3.8, 4) is 0 Å². The molecule has 0 aromatic carbocycles. The molecular formula is C12H23NO. The van der Waals surface area contributed by atoms with Crippen molar-refractivity contribution in [2.75, 3.05) is 7.11 Å². The Morgan fingerprint density at radius 3 is 2.29 bits per heavy atom. The molecule has 1 aliphatic carbocycles. The maximum Gasteiger partial charge on any atom is 0.106 e. The van der Waals surface area contributed by atoms with E-state index < -0.39 is 0 Å². The molecule has 2 heteroatoms. The minimum Gasteiger partial charge on any atom is -0.399 e. The van der Waals surface area contributed by atoms with Crippen LogP contribution in [0.2, 0.25) is 0 Å². The summed E-state index contributed by atoms with van der Waals surface area (Å²) in [5.41, 5.74) is 1.03. The molecule has 1 rings (SSSR count). The van der Waals surface area contributed by atoms with Crippen LogP contribution in [0, 0.1) is 5.92 Å². The van der Waals surface area contributed by atoms with E-state index in [1.165, 1.54) is 32.1 Å².